The maximum atomic E-state index is 14.5. The van der Waals surface area contributed by atoms with Crippen LogP contribution in [0.4, 0.5) is 17.6 Å². The zero-order chi connectivity index (χ0) is 24.6. The summed E-state index contributed by atoms with van der Waals surface area (Å²) in [5, 5.41) is 3.99. The van der Waals surface area contributed by atoms with Crippen LogP contribution in [-0.4, -0.2) is 24.4 Å². The van der Waals surface area contributed by atoms with Crippen molar-refractivity contribution in [3.05, 3.63) is 75.9 Å². The molecule has 0 aliphatic rings. The summed E-state index contributed by atoms with van der Waals surface area (Å²) in [6.45, 7) is 6.61. The maximum Gasteiger partial charge on any atom is 0.416 e. The lowest BCUT2D eigenvalue weighted by Crippen LogP contribution is -2.53. The molecule has 0 amide bonds. The number of rotatable bonds is 6. The van der Waals surface area contributed by atoms with Crippen LogP contribution in [0, 0.1) is 12.7 Å². The number of nitrogens with zero attached hydrogens (tertiary/aromatic N) is 3. The summed E-state index contributed by atoms with van der Waals surface area (Å²) in [5.74, 6) is -0.807. The number of hydrogen-bond acceptors (Lipinski definition) is 6. The molecule has 178 valence electrons. The second-order valence-corrected chi connectivity index (χ2v) is 10.8. The Labute approximate surface area is 196 Å². The number of benzene rings is 1. The van der Waals surface area contributed by atoms with Crippen LogP contribution in [0.25, 0.3) is 0 Å². The van der Waals surface area contributed by atoms with Crippen LogP contribution in [0.15, 0.2) is 41.1 Å². The molecular formula is C21H21ClF4N4O2S. The van der Waals surface area contributed by atoms with Gasteiger partial charge in [-0.15, -0.1) is 4.72 Å². The molecule has 0 spiro atoms. The van der Waals surface area contributed by atoms with Gasteiger partial charge in [0.1, 0.15) is 16.1 Å². The Hall–Kier alpha value is -2.21. The molecule has 2 aromatic heterocycles. The molecule has 0 radical (unpaired) electrons. The van der Waals surface area contributed by atoms with Crippen LogP contribution < -0.4 is 4.72 Å². The first-order valence-corrected chi connectivity index (χ1v) is 11.2. The quantitative estimate of drug-likeness (QED) is 0.370. The Morgan fingerprint density at radius 2 is 1.79 bits per heavy atom. The zero-order valence-corrected chi connectivity index (χ0v) is 19.7. The molecule has 2 atom stereocenters. The maximum absolute atomic E-state index is 14.5. The van der Waals surface area contributed by atoms with Crippen LogP contribution in [0.5, 0.6) is 0 Å². The van der Waals surface area contributed by atoms with Gasteiger partial charge in [-0.2, -0.15) is 18.2 Å². The Kier molecular flexibility index (Phi) is 7.09. The number of halogens is 5. The van der Waals surface area contributed by atoms with E-state index in [0.717, 1.165) is 12.1 Å². The summed E-state index contributed by atoms with van der Waals surface area (Å²) in [7, 11) is 0. The van der Waals surface area contributed by atoms with Crippen molar-refractivity contribution in [2.24, 2.45) is 0 Å². The second-order valence-electron chi connectivity index (χ2n) is 8.39. The third kappa shape index (κ3) is 5.84. The van der Waals surface area contributed by atoms with Crippen molar-refractivity contribution in [2.75, 3.05) is 0 Å². The van der Waals surface area contributed by atoms with Gasteiger partial charge in [-0.1, -0.05) is 16.8 Å². The predicted octanol–water partition coefficient (Wildman–Crippen LogP) is 5.12. The van der Waals surface area contributed by atoms with Gasteiger partial charge in [0.25, 0.3) is 0 Å². The van der Waals surface area contributed by atoms with E-state index >= 15 is 0 Å². The van der Waals surface area contributed by atoms with Gasteiger partial charge in [-0.3, -0.25) is 4.98 Å². The van der Waals surface area contributed by atoms with Gasteiger partial charge in [-0.05, 0) is 63.6 Å². The molecule has 3 rings (SSSR count). The van der Waals surface area contributed by atoms with Gasteiger partial charge in [0.15, 0.2) is 5.82 Å². The smallest absolute Gasteiger partial charge is 0.416 e. The van der Waals surface area contributed by atoms with Gasteiger partial charge in [0.05, 0.1) is 22.7 Å². The highest BCUT2D eigenvalue weighted by Gasteiger charge is 2.46. The molecule has 0 bridgehead atoms. The van der Waals surface area contributed by atoms with Crippen molar-refractivity contribution in [2.45, 2.75) is 50.6 Å². The monoisotopic (exact) mass is 504 g/mol. The van der Waals surface area contributed by atoms with E-state index in [-0.39, 0.29) is 34.4 Å². The lowest BCUT2D eigenvalue weighted by molar-refractivity contribution is -0.137. The number of aromatic nitrogens is 3. The van der Waals surface area contributed by atoms with Gasteiger partial charge < -0.3 is 9.08 Å². The molecule has 0 unspecified atom stereocenters. The molecule has 0 aliphatic heterocycles. The van der Waals surface area contributed by atoms with E-state index in [1.54, 1.807) is 27.7 Å². The minimum absolute atomic E-state index is 0.0282. The van der Waals surface area contributed by atoms with Crippen LogP contribution in [0.1, 0.15) is 49.3 Å². The summed E-state index contributed by atoms with van der Waals surface area (Å²) in [5.41, 5.74) is -2.97. The SMILES string of the molecule is Cc1noc(C[C@@](N[S@@+]([O-])C(C)(C)C)(c2cc(F)cc(C(F)(F)F)c2)c2ccc(Cl)cn2)n1. The average Bonchev–Trinajstić information content (AvgIpc) is 3.10. The lowest BCUT2D eigenvalue weighted by atomic mass is 9.83. The summed E-state index contributed by atoms with van der Waals surface area (Å²) < 4.78 is 75.6. The Balaban J connectivity index is 2.32. The number of hydrogen-bond donors (Lipinski definition) is 1. The molecule has 12 heteroatoms. The molecule has 33 heavy (non-hydrogen) atoms. The van der Waals surface area contributed by atoms with Crippen LogP contribution in [0.2, 0.25) is 5.02 Å². The van der Waals surface area contributed by atoms with E-state index in [1.165, 1.54) is 18.3 Å². The number of alkyl halides is 3. The molecule has 1 aromatic carbocycles. The van der Waals surface area contributed by atoms with Gasteiger partial charge in [0.2, 0.25) is 5.89 Å². The Morgan fingerprint density at radius 1 is 1.12 bits per heavy atom. The first-order chi connectivity index (χ1) is 15.2. The molecular weight excluding hydrogens is 484 g/mol. The van der Waals surface area contributed by atoms with Crippen molar-refractivity contribution in [3.63, 3.8) is 0 Å². The summed E-state index contributed by atoms with van der Waals surface area (Å²) in [6.07, 6.45) is -3.79. The molecule has 0 saturated carbocycles. The number of nitrogens with one attached hydrogen (secondary N) is 1. The van der Waals surface area contributed by atoms with Crippen molar-refractivity contribution in [1.29, 1.82) is 0 Å². The fourth-order valence-corrected chi connectivity index (χ4v) is 4.09. The van der Waals surface area contributed by atoms with Gasteiger partial charge >= 0.3 is 6.18 Å². The van der Waals surface area contributed by atoms with E-state index in [4.69, 9.17) is 16.1 Å². The second kappa shape index (κ2) is 9.21. The summed E-state index contributed by atoms with van der Waals surface area (Å²) in [6, 6.07) is 5.04. The average molecular weight is 505 g/mol. The highest BCUT2D eigenvalue weighted by Crippen LogP contribution is 2.39. The van der Waals surface area contributed by atoms with Crippen LogP contribution in [0.3, 0.4) is 0 Å². The molecule has 0 saturated heterocycles. The fraction of sp³-hybridized carbons (Fsp3) is 0.381. The molecule has 2 heterocycles. The van der Waals surface area contributed by atoms with Gasteiger partial charge in [-0.25, -0.2) is 4.39 Å². The molecule has 6 nitrogen and oxygen atoms in total. The topological polar surface area (TPSA) is 86.9 Å². The predicted molar refractivity (Wildman–Crippen MR) is 115 cm³/mol. The molecule has 0 aliphatic carbocycles. The van der Waals surface area contributed by atoms with Crippen LogP contribution >= 0.6 is 11.6 Å². The molecule has 1 N–H and O–H groups in total. The standard InChI is InChI=1S/C21H21ClF4N4O2S/c1-12-28-18(32-29-12)10-20(30-33(31)19(2,3)4,17-6-5-15(22)11-27-17)13-7-14(21(24,25)26)9-16(23)8-13/h5-9,11,30H,10H2,1-4H3/t20-,33+/m1/s1. The zero-order valence-electron chi connectivity index (χ0n) is 18.1. The van der Waals surface area contributed by atoms with Crippen molar-refractivity contribution >= 4 is 23.0 Å². The van der Waals surface area contributed by atoms with Crippen LogP contribution in [-0.2, 0) is 29.5 Å². The third-order valence-corrected chi connectivity index (χ3v) is 6.56. The largest absolute Gasteiger partial charge is 0.598 e. The van der Waals surface area contributed by atoms with Crippen molar-refractivity contribution in [1.82, 2.24) is 19.8 Å². The van der Waals surface area contributed by atoms with Crippen molar-refractivity contribution < 1.29 is 26.6 Å². The summed E-state index contributed by atoms with van der Waals surface area (Å²) in [4.78, 5) is 8.40. The molecule has 0 fully saturated rings. The first kappa shape index (κ1) is 25.4. The van der Waals surface area contributed by atoms with Gasteiger partial charge in [0, 0.05) is 17.6 Å². The van der Waals surface area contributed by atoms with E-state index in [9.17, 15) is 22.1 Å². The van der Waals surface area contributed by atoms with E-state index in [1.807, 2.05) is 0 Å². The van der Waals surface area contributed by atoms with Crippen molar-refractivity contribution in [3.8, 4) is 0 Å². The lowest BCUT2D eigenvalue weighted by Gasteiger charge is -2.37. The highest BCUT2D eigenvalue weighted by molar-refractivity contribution is 7.90. The number of aryl methyl sites for hydroxylation is 1. The number of pyridine rings is 1. The van der Waals surface area contributed by atoms with E-state index < -0.39 is 39.2 Å². The third-order valence-electron chi connectivity index (χ3n) is 4.69. The minimum Gasteiger partial charge on any atom is -0.598 e. The Bertz CT molecular complexity index is 1120. The first-order valence-electron chi connectivity index (χ1n) is 9.70. The molecule has 3 aromatic rings. The Morgan fingerprint density at radius 3 is 2.30 bits per heavy atom. The van der Waals surface area contributed by atoms with E-state index in [0.29, 0.717) is 6.07 Å². The fourth-order valence-electron chi connectivity index (χ4n) is 3.07. The minimum atomic E-state index is -4.82. The highest BCUT2D eigenvalue weighted by atomic mass is 35.5. The summed E-state index contributed by atoms with van der Waals surface area (Å²) >= 11 is 4.14. The normalized spacial score (nSPS) is 15.3. The van der Waals surface area contributed by atoms with E-state index in [2.05, 4.69) is 19.8 Å².